The lowest BCUT2D eigenvalue weighted by atomic mass is 10.3. The number of nitrogens with one attached hydrogen (secondary N) is 1. The number of benzene rings is 1. The summed E-state index contributed by atoms with van der Waals surface area (Å²) in [6.07, 6.45) is 0. The molecule has 0 amide bonds. The van der Waals surface area contributed by atoms with Crippen molar-refractivity contribution in [2.75, 3.05) is 4.84 Å². The zero-order chi connectivity index (χ0) is 6.69. The summed E-state index contributed by atoms with van der Waals surface area (Å²) in [4.78, 5) is 2.56. The maximum atomic E-state index is 5.38. The van der Waals surface area contributed by atoms with Gasteiger partial charge in [-0.05, 0) is 34.7 Å². The molecule has 0 atom stereocenters. The van der Waals surface area contributed by atoms with Crippen molar-refractivity contribution in [3.05, 3.63) is 27.8 Å². The van der Waals surface area contributed by atoms with Gasteiger partial charge in [-0.2, -0.15) is 0 Å². The Balaban J connectivity index is 3.01. The molecule has 0 fully saturated rings. The molecule has 3 heteroatoms. The average molecular weight is 253 g/mol. The van der Waals surface area contributed by atoms with Crippen LogP contribution in [0, 0.1) is 3.57 Å². The molecule has 0 saturated carbocycles. The molecule has 9 heavy (non-hydrogen) atoms. The third-order valence-electron chi connectivity index (χ3n) is 0.976. The van der Waals surface area contributed by atoms with Crippen LogP contribution in [0.3, 0.4) is 0 Å². The first-order valence-electron chi connectivity index (χ1n) is 2.46. The van der Waals surface area contributed by atoms with Crippen LogP contribution in [0.2, 0.25) is 0 Å². The van der Waals surface area contributed by atoms with E-state index in [-0.39, 0.29) is 0 Å². The van der Waals surface area contributed by atoms with E-state index >= 15 is 0 Å². The topological polar surface area (TPSA) is 12.0 Å². The normalized spacial score (nSPS) is 9.11. The number of halogens is 2. The van der Waals surface area contributed by atoms with E-state index in [1.165, 1.54) is 0 Å². The molecule has 0 aromatic heterocycles. The fourth-order valence-corrected chi connectivity index (χ4v) is 1.38. The quantitative estimate of drug-likeness (QED) is 0.599. The summed E-state index contributed by atoms with van der Waals surface area (Å²) in [5, 5.41) is 0. The van der Waals surface area contributed by atoms with Crippen molar-refractivity contribution >= 4 is 40.1 Å². The van der Waals surface area contributed by atoms with Crippen LogP contribution < -0.4 is 4.84 Å². The SMILES string of the molecule is ClNc1ccccc1I. The molecular weight excluding hydrogens is 248 g/mol. The molecule has 0 aliphatic rings. The minimum Gasteiger partial charge on any atom is -0.297 e. The maximum absolute atomic E-state index is 5.38. The van der Waals surface area contributed by atoms with E-state index in [4.69, 9.17) is 11.8 Å². The molecule has 0 saturated heterocycles. The molecule has 0 aliphatic carbocycles. The van der Waals surface area contributed by atoms with Gasteiger partial charge in [0.2, 0.25) is 0 Å². The second-order valence-corrected chi connectivity index (χ2v) is 2.93. The summed E-state index contributed by atoms with van der Waals surface area (Å²) in [6.45, 7) is 0. The number of hydrogen-bond donors (Lipinski definition) is 1. The third-order valence-corrected chi connectivity index (χ3v) is 2.12. The van der Waals surface area contributed by atoms with Gasteiger partial charge < -0.3 is 0 Å². The summed E-state index contributed by atoms with van der Waals surface area (Å²) < 4.78 is 1.13. The van der Waals surface area contributed by atoms with Gasteiger partial charge in [-0.3, -0.25) is 4.84 Å². The van der Waals surface area contributed by atoms with Crippen molar-refractivity contribution in [3.63, 3.8) is 0 Å². The van der Waals surface area contributed by atoms with Gasteiger partial charge in [0.25, 0.3) is 0 Å². The van der Waals surface area contributed by atoms with E-state index in [2.05, 4.69) is 27.4 Å². The maximum Gasteiger partial charge on any atom is 0.0625 e. The Kier molecular flexibility index (Phi) is 2.60. The first-order chi connectivity index (χ1) is 4.34. The van der Waals surface area contributed by atoms with E-state index < -0.39 is 0 Å². The molecule has 1 nitrogen and oxygen atoms in total. The van der Waals surface area contributed by atoms with Crippen LogP contribution in [0.4, 0.5) is 5.69 Å². The Bertz CT molecular complexity index is 202. The summed E-state index contributed by atoms with van der Waals surface area (Å²) in [7, 11) is 0. The molecule has 0 aliphatic heterocycles. The number of hydrogen-bond acceptors (Lipinski definition) is 1. The Morgan fingerprint density at radius 1 is 1.33 bits per heavy atom. The van der Waals surface area contributed by atoms with Crippen molar-refractivity contribution in [1.29, 1.82) is 0 Å². The van der Waals surface area contributed by atoms with Crippen LogP contribution in [0.1, 0.15) is 0 Å². The minimum atomic E-state index is 0.958. The van der Waals surface area contributed by atoms with Crippen molar-refractivity contribution in [2.24, 2.45) is 0 Å². The van der Waals surface area contributed by atoms with Crippen LogP contribution in [0.5, 0.6) is 0 Å². The molecule has 48 valence electrons. The van der Waals surface area contributed by atoms with Gasteiger partial charge in [0.05, 0.1) is 5.69 Å². The van der Waals surface area contributed by atoms with Gasteiger partial charge >= 0.3 is 0 Å². The number of para-hydroxylation sites is 1. The van der Waals surface area contributed by atoms with Gasteiger partial charge in [0, 0.05) is 15.3 Å². The molecule has 0 heterocycles. The molecular formula is C6H5ClIN. The summed E-state index contributed by atoms with van der Waals surface area (Å²) in [6, 6.07) is 7.83. The van der Waals surface area contributed by atoms with E-state index in [0.29, 0.717) is 0 Å². The van der Waals surface area contributed by atoms with Crippen LogP contribution in [-0.2, 0) is 0 Å². The summed E-state index contributed by atoms with van der Waals surface area (Å²) >= 11 is 7.59. The third kappa shape index (κ3) is 1.72. The Morgan fingerprint density at radius 2 is 2.00 bits per heavy atom. The average Bonchev–Trinajstić information content (AvgIpc) is 1.89. The van der Waals surface area contributed by atoms with E-state index in [1.54, 1.807) is 0 Å². The highest BCUT2D eigenvalue weighted by Gasteiger charge is 1.91. The highest BCUT2D eigenvalue weighted by molar-refractivity contribution is 14.1. The largest absolute Gasteiger partial charge is 0.297 e. The van der Waals surface area contributed by atoms with Crippen LogP contribution >= 0.6 is 34.4 Å². The molecule has 1 aromatic carbocycles. The Morgan fingerprint density at radius 3 is 2.44 bits per heavy atom. The van der Waals surface area contributed by atoms with Crippen LogP contribution in [0.25, 0.3) is 0 Å². The van der Waals surface area contributed by atoms with Crippen molar-refractivity contribution in [1.82, 2.24) is 0 Å². The lowest BCUT2D eigenvalue weighted by Gasteiger charge is -1.97. The second-order valence-electron chi connectivity index (χ2n) is 1.57. The second kappa shape index (κ2) is 3.27. The predicted octanol–water partition coefficient (Wildman–Crippen LogP) is 2.86. The highest BCUT2D eigenvalue weighted by atomic mass is 127. The van der Waals surface area contributed by atoms with Crippen LogP contribution in [-0.4, -0.2) is 0 Å². The zero-order valence-corrected chi connectivity index (χ0v) is 7.48. The fourth-order valence-electron chi connectivity index (χ4n) is 0.538. The minimum absolute atomic E-state index is 0.958. The number of anilines is 1. The van der Waals surface area contributed by atoms with Crippen molar-refractivity contribution in [2.45, 2.75) is 0 Å². The predicted molar refractivity (Wildman–Crippen MR) is 48.6 cm³/mol. The standard InChI is InChI=1S/C6H5ClIN/c7-9-6-4-2-1-3-5(6)8/h1-4,9H. The fraction of sp³-hybridized carbons (Fsp3) is 0. The van der Waals surface area contributed by atoms with Gasteiger partial charge in [0.15, 0.2) is 0 Å². The summed E-state index contributed by atoms with van der Waals surface area (Å²) in [5.41, 5.74) is 0.958. The molecule has 0 radical (unpaired) electrons. The van der Waals surface area contributed by atoms with E-state index in [0.717, 1.165) is 9.26 Å². The zero-order valence-electron chi connectivity index (χ0n) is 4.57. The molecule has 0 spiro atoms. The first-order valence-corrected chi connectivity index (χ1v) is 3.91. The molecule has 1 rings (SSSR count). The van der Waals surface area contributed by atoms with E-state index in [9.17, 15) is 0 Å². The van der Waals surface area contributed by atoms with Gasteiger partial charge in [-0.15, -0.1) is 0 Å². The molecule has 0 unspecified atom stereocenters. The lowest BCUT2D eigenvalue weighted by Crippen LogP contribution is -1.81. The van der Waals surface area contributed by atoms with Crippen molar-refractivity contribution in [3.8, 4) is 0 Å². The molecule has 1 N–H and O–H groups in total. The first kappa shape index (κ1) is 7.15. The van der Waals surface area contributed by atoms with Crippen molar-refractivity contribution < 1.29 is 0 Å². The summed E-state index contributed by atoms with van der Waals surface area (Å²) in [5.74, 6) is 0. The number of rotatable bonds is 1. The monoisotopic (exact) mass is 253 g/mol. The molecule has 0 bridgehead atoms. The Labute approximate surface area is 72.7 Å². The van der Waals surface area contributed by atoms with E-state index in [1.807, 2.05) is 24.3 Å². The smallest absolute Gasteiger partial charge is 0.0625 e. The van der Waals surface area contributed by atoms with Crippen LogP contribution in [0.15, 0.2) is 24.3 Å². The highest BCUT2D eigenvalue weighted by Crippen LogP contribution is 2.16. The van der Waals surface area contributed by atoms with Gasteiger partial charge in [-0.1, -0.05) is 12.1 Å². The molecule has 1 aromatic rings. The van der Waals surface area contributed by atoms with Gasteiger partial charge in [-0.25, -0.2) is 0 Å². The lowest BCUT2D eigenvalue weighted by molar-refractivity contribution is 1.62. The van der Waals surface area contributed by atoms with Gasteiger partial charge in [0.1, 0.15) is 0 Å². The Hall–Kier alpha value is 0.0400.